The number of ether oxygens (including phenoxy) is 1. The standard InChI is InChI=1S/C21H22N2O4S/c1-16-19(25)22(14-17-8-4-2-5-9-17)21(26)23(15-27-13-12-24)20(16)28-18-10-6-3-7-11-18/h2-11,24H,12-15H2,1H3. The van der Waals surface area contributed by atoms with E-state index < -0.39 is 5.69 Å². The Morgan fingerprint density at radius 2 is 1.61 bits per heavy atom. The monoisotopic (exact) mass is 398 g/mol. The van der Waals surface area contributed by atoms with E-state index in [-0.39, 0.29) is 32.0 Å². The first-order valence-corrected chi connectivity index (χ1v) is 9.73. The minimum absolute atomic E-state index is 0.0372. The van der Waals surface area contributed by atoms with E-state index >= 15 is 0 Å². The van der Waals surface area contributed by atoms with Crippen LogP contribution in [-0.2, 0) is 18.0 Å². The Labute approximate surface area is 167 Å². The van der Waals surface area contributed by atoms with Crippen molar-refractivity contribution in [3.63, 3.8) is 0 Å². The molecule has 1 heterocycles. The van der Waals surface area contributed by atoms with Crippen LogP contribution in [0, 0.1) is 6.92 Å². The van der Waals surface area contributed by atoms with E-state index in [2.05, 4.69) is 0 Å². The van der Waals surface area contributed by atoms with E-state index in [1.165, 1.54) is 20.9 Å². The Morgan fingerprint density at radius 3 is 2.25 bits per heavy atom. The van der Waals surface area contributed by atoms with Gasteiger partial charge in [-0.2, -0.15) is 0 Å². The zero-order valence-electron chi connectivity index (χ0n) is 15.6. The van der Waals surface area contributed by atoms with E-state index in [0.29, 0.717) is 10.6 Å². The maximum atomic E-state index is 13.1. The fourth-order valence-corrected chi connectivity index (χ4v) is 3.79. The fourth-order valence-electron chi connectivity index (χ4n) is 2.79. The summed E-state index contributed by atoms with van der Waals surface area (Å²) in [6.07, 6.45) is 0. The predicted molar refractivity (Wildman–Crippen MR) is 109 cm³/mol. The van der Waals surface area contributed by atoms with Gasteiger partial charge in [0.05, 0.1) is 24.8 Å². The Morgan fingerprint density at radius 1 is 0.964 bits per heavy atom. The molecule has 7 heteroatoms. The summed E-state index contributed by atoms with van der Waals surface area (Å²) in [5, 5.41) is 9.54. The number of rotatable bonds is 8. The predicted octanol–water partition coefficient (Wildman–Crippen LogP) is 2.48. The van der Waals surface area contributed by atoms with Crippen molar-refractivity contribution in [2.24, 2.45) is 0 Å². The quantitative estimate of drug-likeness (QED) is 0.466. The van der Waals surface area contributed by atoms with E-state index in [1.807, 2.05) is 60.7 Å². The van der Waals surface area contributed by atoms with Gasteiger partial charge in [-0.1, -0.05) is 60.3 Å². The molecule has 28 heavy (non-hydrogen) atoms. The van der Waals surface area contributed by atoms with Crippen molar-refractivity contribution in [1.29, 1.82) is 0 Å². The van der Waals surface area contributed by atoms with Gasteiger partial charge in [0.15, 0.2) is 0 Å². The SMILES string of the molecule is Cc1c(Sc2ccccc2)n(COCCO)c(=O)n(Cc2ccccc2)c1=O. The van der Waals surface area contributed by atoms with Crippen LogP contribution in [0.15, 0.2) is 80.2 Å². The van der Waals surface area contributed by atoms with Gasteiger partial charge in [0.2, 0.25) is 0 Å². The first kappa shape index (κ1) is 20.1. The van der Waals surface area contributed by atoms with E-state index in [9.17, 15) is 9.59 Å². The summed E-state index contributed by atoms with van der Waals surface area (Å²) in [5.74, 6) is 0. The highest BCUT2D eigenvalue weighted by Gasteiger charge is 2.18. The molecule has 0 amide bonds. The van der Waals surface area contributed by atoms with Crippen molar-refractivity contribution in [2.75, 3.05) is 13.2 Å². The lowest BCUT2D eigenvalue weighted by Gasteiger charge is -2.17. The third kappa shape index (κ3) is 4.62. The molecule has 0 fully saturated rings. The molecule has 0 saturated carbocycles. The molecular formula is C21H22N2O4S. The lowest BCUT2D eigenvalue weighted by molar-refractivity contribution is 0.0403. The molecular weight excluding hydrogens is 376 g/mol. The van der Waals surface area contributed by atoms with Crippen LogP contribution in [0.3, 0.4) is 0 Å². The van der Waals surface area contributed by atoms with Crippen molar-refractivity contribution < 1.29 is 9.84 Å². The van der Waals surface area contributed by atoms with Gasteiger partial charge in [0.1, 0.15) is 6.73 Å². The van der Waals surface area contributed by atoms with Crippen LogP contribution in [0.25, 0.3) is 0 Å². The number of aliphatic hydroxyl groups excluding tert-OH is 1. The van der Waals surface area contributed by atoms with Crippen LogP contribution in [0.1, 0.15) is 11.1 Å². The molecule has 0 aliphatic carbocycles. The highest BCUT2D eigenvalue weighted by molar-refractivity contribution is 7.99. The van der Waals surface area contributed by atoms with Crippen LogP contribution in [-0.4, -0.2) is 27.5 Å². The van der Waals surface area contributed by atoms with Gasteiger partial charge in [-0.15, -0.1) is 0 Å². The molecule has 3 rings (SSSR count). The molecule has 3 aromatic rings. The summed E-state index contributed by atoms with van der Waals surface area (Å²) in [5.41, 5.74) is 0.603. The van der Waals surface area contributed by atoms with Crippen LogP contribution >= 0.6 is 11.8 Å². The number of nitrogens with zero attached hydrogens (tertiary/aromatic N) is 2. The van der Waals surface area contributed by atoms with Gasteiger partial charge < -0.3 is 9.84 Å². The second kappa shape index (κ2) is 9.54. The smallest absolute Gasteiger partial charge is 0.334 e. The van der Waals surface area contributed by atoms with Gasteiger partial charge in [0.25, 0.3) is 5.56 Å². The molecule has 1 N–H and O–H groups in total. The van der Waals surface area contributed by atoms with Crippen LogP contribution in [0.4, 0.5) is 0 Å². The van der Waals surface area contributed by atoms with Gasteiger partial charge in [-0.05, 0) is 24.6 Å². The summed E-state index contributed by atoms with van der Waals surface area (Å²) in [4.78, 5) is 27.0. The van der Waals surface area contributed by atoms with E-state index in [0.717, 1.165) is 10.5 Å². The maximum Gasteiger partial charge on any atom is 0.334 e. The van der Waals surface area contributed by atoms with Crippen molar-refractivity contribution >= 4 is 11.8 Å². The minimum Gasteiger partial charge on any atom is -0.394 e. The van der Waals surface area contributed by atoms with Crippen molar-refractivity contribution in [3.05, 3.63) is 92.6 Å². The minimum atomic E-state index is -0.434. The molecule has 0 spiro atoms. The summed E-state index contributed by atoms with van der Waals surface area (Å²) < 4.78 is 8.09. The summed E-state index contributed by atoms with van der Waals surface area (Å²) in [6.45, 7) is 1.84. The maximum absolute atomic E-state index is 13.1. The first-order chi connectivity index (χ1) is 13.6. The van der Waals surface area contributed by atoms with Gasteiger partial charge in [0, 0.05) is 10.5 Å². The van der Waals surface area contributed by atoms with Crippen molar-refractivity contribution in [2.45, 2.75) is 30.1 Å². The zero-order chi connectivity index (χ0) is 19.9. The highest BCUT2D eigenvalue weighted by Crippen LogP contribution is 2.28. The topological polar surface area (TPSA) is 73.5 Å². The van der Waals surface area contributed by atoms with Gasteiger partial charge >= 0.3 is 5.69 Å². The average molecular weight is 398 g/mol. The normalized spacial score (nSPS) is 10.9. The van der Waals surface area contributed by atoms with E-state index in [1.54, 1.807) is 6.92 Å². The van der Waals surface area contributed by atoms with E-state index in [4.69, 9.17) is 9.84 Å². The Hall–Kier alpha value is -2.61. The fraction of sp³-hybridized carbons (Fsp3) is 0.238. The number of hydrogen-bond donors (Lipinski definition) is 1. The van der Waals surface area contributed by atoms with Crippen LogP contribution in [0.5, 0.6) is 0 Å². The Balaban J connectivity index is 2.08. The van der Waals surface area contributed by atoms with Gasteiger partial charge in [-0.25, -0.2) is 4.79 Å². The van der Waals surface area contributed by atoms with Crippen LogP contribution in [0.2, 0.25) is 0 Å². The molecule has 0 unspecified atom stereocenters. The number of hydrogen-bond acceptors (Lipinski definition) is 5. The summed E-state index contributed by atoms with van der Waals surface area (Å²) in [7, 11) is 0. The third-order valence-corrected chi connectivity index (χ3v) is 5.42. The Kier molecular flexibility index (Phi) is 6.86. The summed E-state index contributed by atoms with van der Waals surface area (Å²) in [6, 6.07) is 18.9. The molecule has 0 saturated heterocycles. The molecule has 1 aromatic heterocycles. The largest absolute Gasteiger partial charge is 0.394 e. The molecule has 0 atom stereocenters. The highest BCUT2D eigenvalue weighted by atomic mass is 32.2. The van der Waals surface area contributed by atoms with Crippen molar-refractivity contribution in [1.82, 2.24) is 9.13 Å². The second-order valence-electron chi connectivity index (χ2n) is 6.19. The molecule has 0 aliphatic heterocycles. The molecule has 2 aromatic carbocycles. The Bertz CT molecular complexity index is 1030. The lowest BCUT2D eigenvalue weighted by Crippen LogP contribution is -2.42. The molecule has 0 radical (unpaired) electrons. The number of benzene rings is 2. The van der Waals surface area contributed by atoms with Gasteiger partial charge in [-0.3, -0.25) is 13.9 Å². The molecule has 6 nitrogen and oxygen atoms in total. The molecule has 146 valence electrons. The first-order valence-electron chi connectivity index (χ1n) is 8.91. The van der Waals surface area contributed by atoms with Crippen LogP contribution < -0.4 is 11.2 Å². The third-order valence-electron chi connectivity index (χ3n) is 4.19. The number of aliphatic hydroxyl groups is 1. The second-order valence-corrected chi connectivity index (χ2v) is 7.26. The zero-order valence-corrected chi connectivity index (χ0v) is 16.4. The van der Waals surface area contributed by atoms with Crippen molar-refractivity contribution in [3.8, 4) is 0 Å². The average Bonchev–Trinajstić information content (AvgIpc) is 2.73. The molecule has 0 bridgehead atoms. The summed E-state index contributed by atoms with van der Waals surface area (Å²) >= 11 is 1.35. The number of aromatic nitrogens is 2. The lowest BCUT2D eigenvalue weighted by atomic mass is 10.2. The molecule has 0 aliphatic rings.